The van der Waals surface area contributed by atoms with Gasteiger partial charge >= 0.3 is 293 Å². The molecule has 0 aliphatic heterocycles. The summed E-state index contributed by atoms with van der Waals surface area (Å²) in [6, 6.07) is 0. The van der Waals surface area contributed by atoms with Gasteiger partial charge in [-0.2, -0.15) is 0 Å². The van der Waals surface area contributed by atoms with E-state index in [-0.39, 0.29) is 147 Å². The Kier molecular flexibility index (Phi) is 125. The van der Waals surface area contributed by atoms with Crippen LogP contribution in [-0.2, 0) is 110 Å². The van der Waals surface area contributed by atoms with E-state index >= 15 is 0 Å². The van der Waals surface area contributed by atoms with Gasteiger partial charge < -0.3 is 0 Å². The molecular weight excluding hydrogens is 837 g/mol. The van der Waals surface area contributed by atoms with Gasteiger partial charge in [-0.3, -0.25) is 0 Å². The van der Waals surface area contributed by atoms with Gasteiger partial charge in [-0.1, -0.05) is 0 Å². The molecule has 0 aromatic rings. The zero-order chi connectivity index (χ0) is 17.9. The van der Waals surface area contributed by atoms with E-state index in [2.05, 4.69) is 0 Å². The van der Waals surface area contributed by atoms with E-state index < -0.39 is 93.1 Å². The molecule has 24 heavy (non-hydrogen) atoms. The Labute approximate surface area is 285 Å². The zero-order valence-electron chi connectivity index (χ0n) is 11.2. The molecule has 0 N–H and O–H groups in total. The predicted molar refractivity (Wildman–Crippen MR) is 14.9 cm³/mol. The van der Waals surface area contributed by atoms with Crippen LogP contribution in [0.5, 0.6) is 0 Å². The molecule has 0 aromatic heterocycles. The quantitative estimate of drug-likeness (QED) is 0.205. The van der Waals surface area contributed by atoms with Crippen molar-refractivity contribution in [2.75, 3.05) is 0 Å². The predicted octanol–water partition coefficient (Wildman–Crippen LogP) is -13.3. The Balaban J connectivity index is -0.0000000161. The van der Waals surface area contributed by atoms with Gasteiger partial charge in [-0.15, -0.1) is 0 Å². The van der Waals surface area contributed by atoms with Gasteiger partial charge in [0.1, 0.15) is 0 Å². The zero-order valence-corrected chi connectivity index (χ0v) is 30.7. The van der Waals surface area contributed by atoms with Gasteiger partial charge in [-0.05, 0) is 0 Å². The number of hydrogen-bond donors (Lipinski definition) is 0. The average molecular weight is 837 g/mol. The molecule has 24 heteroatoms. The SMILES string of the molecule is [Ca+2].[Ca+2].[La+3].[La+3].[O]=[Ti]([O-])[O-].[O]=[Ti]([O-])[O-].[O]=[Ti]([O-])[O-].[O]=[Ti]([O-])[O-].[O]=[Ti]([O-])[O-]. The van der Waals surface area contributed by atoms with E-state index in [1.807, 2.05) is 0 Å². The number of rotatable bonds is 0. The summed E-state index contributed by atoms with van der Waals surface area (Å²) in [5.41, 5.74) is 0. The van der Waals surface area contributed by atoms with Crippen molar-refractivity contribution in [3.05, 3.63) is 0 Å². The third kappa shape index (κ3) is 457. The van der Waals surface area contributed by atoms with Crippen molar-refractivity contribution in [2.45, 2.75) is 0 Å². The van der Waals surface area contributed by atoms with Crippen molar-refractivity contribution in [3.63, 3.8) is 0 Å². The molecular formula is Ca2La2O15Ti5. The molecule has 0 atom stereocenters. The third-order valence-electron chi connectivity index (χ3n) is 0. The second kappa shape index (κ2) is 52.2. The fourth-order valence-corrected chi connectivity index (χ4v) is 0. The van der Waals surface area contributed by atoms with Crippen LogP contribution in [0.1, 0.15) is 0 Å². The Morgan fingerprint density at radius 2 is 0.333 bits per heavy atom. The van der Waals surface area contributed by atoms with E-state index in [0.717, 1.165) is 0 Å². The van der Waals surface area contributed by atoms with Gasteiger partial charge in [0.05, 0.1) is 0 Å². The van der Waals surface area contributed by atoms with Gasteiger partial charge in [0, 0.05) is 0 Å². The summed E-state index contributed by atoms with van der Waals surface area (Å²) >= 11 is -20.4. The molecule has 0 aliphatic carbocycles. The first-order chi connectivity index (χ1) is 8.66. The summed E-state index contributed by atoms with van der Waals surface area (Å²) in [6.07, 6.45) is 0. The molecule has 0 amide bonds. The second-order valence-electron chi connectivity index (χ2n) is 1.25. The summed E-state index contributed by atoms with van der Waals surface area (Å²) < 4.78 is 129. The molecule has 0 spiro atoms. The maximum atomic E-state index is 8.58. The molecule has 15 nitrogen and oxygen atoms in total. The van der Waals surface area contributed by atoms with E-state index in [9.17, 15) is 0 Å². The average Bonchev–Trinajstić information content (AvgIpc) is 1.94. The normalized spacial score (nSPS) is 5.42. The van der Waals surface area contributed by atoms with Crippen molar-refractivity contribution in [1.29, 1.82) is 0 Å². The molecule has 0 heterocycles. The van der Waals surface area contributed by atoms with Gasteiger partial charge in [0.25, 0.3) is 0 Å². The molecule has 120 valence electrons. The topological polar surface area (TPSA) is 316 Å². The standard InChI is InChI=1S/2Ca.2La.15O.5Ti/q2*+2;2*+3;;;;;;10*-1;;;;;. The molecule has 0 saturated heterocycles. The first kappa shape index (κ1) is 57.7. The molecule has 0 unspecified atom stereocenters. The van der Waals surface area contributed by atoms with Crippen molar-refractivity contribution < 1.29 is 218 Å². The van der Waals surface area contributed by atoms with Crippen LogP contribution >= 0.6 is 0 Å². The molecule has 0 bridgehead atoms. The summed E-state index contributed by atoms with van der Waals surface area (Å²) in [5.74, 6) is 0. The van der Waals surface area contributed by atoms with Crippen LogP contribution in [0.4, 0.5) is 0 Å². The molecule has 0 radical (unpaired) electrons. The van der Waals surface area contributed by atoms with Gasteiger partial charge in [0.15, 0.2) is 0 Å². The van der Waals surface area contributed by atoms with Crippen molar-refractivity contribution >= 4 is 75.5 Å². The van der Waals surface area contributed by atoms with Gasteiger partial charge in [0.2, 0.25) is 0 Å². The molecule has 0 fully saturated rings. The fourth-order valence-electron chi connectivity index (χ4n) is 0. The van der Waals surface area contributed by atoms with Crippen molar-refractivity contribution in [2.24, 2.45) is 0 Å². The van der Waals surface area contributed by atoms with E-state index in [0.29, 0.717) is 0 Å². The Morgan fingerprint density at radius 3 is 0.333 bits per heavy atom. The Hall–Kier alpha value is 7.08. The van der Waals surface area contributed by atoms with Crippen LogP contribution in [0.3, 0.4) is 0 Å². The Bertz CT molecular complexity index is 221. The van der Waals surface area contributed by atoms with Gasteiger partial charge in [-0.25, -0.2) is 0 Å². The molecule has 0 rings (SSSR count). The summed E-state index contributed by atoms with van der Waals surface area (Å²) in [7, 11) is 0. The van der Waals surface area contributed by atoms with Crippen LogP contribution in [-0.4, -0.2) is 75.5 Å². The maximum absolute atomic E-state index is 8.58. The van der Waals surface area contributed by atoms with E-state index in [1.165, 1.54) is 0 Å². The van der Waals surface area contributed by atoms with Crippen LogP contribution in [0, 0.1) is 71.2 Å². The van der Waals surface area contributed by atoms with Crippen molar-refractivity contribution in [3.8, 4) is 0 Å². The van der Waals surface area contributed by atoms with E-state index in [4.69, 9.17) is 53.5 Å². The minimum atomic E-state index is -4.08. The first-order valence-corrected chi connectivity index (χ1v) is 12.6. The summed E-state index contributed by atoms with van der Waals surface area (Å²) in [4.78, 5) is 0. The van der Waals surface area contributed by atoms with Crippen LogP contribution < -0.4 is 36.9 Å². The number of hydrogen-bond acceptors (Lipinski definition) is 15. The first-order valence-electron chi connectivity index (χ1n) is 3.06. The third-order valence-corrected chi connectivity index (χ3v) is 0. The fraction of sp³-hybridized carbons (Fsp3) is 0. The minimum absolute atomic E-state index is 0. The van der Waals surface area contributed by atoms with Crippen molar-refractivity contribution in [1.82, 2.24) is 0 Å². The monoisotopic (exact) mass is 837 g/mol. The summed E-state index contributed by atoms with van der Waals surface area (Å²) in [6.45, 7) is 0. The van der Waals surface area contributed by atoms with Crippen LogP contribution in [0.25, 0.3) is 0 Å². The van der Waals surface area contributed by atoms with E-state index in [1.54, 1.807) is 0 Å². The molecule has 0 saturated carbocycles. The summed E-state index contributed by atoms with van der Waals surface area (Å²) in [5, 5.41) is 0. The second-order valence-corrected chi connectivity index (χ2v) is 5.15. The van der Waals surface area contributed by atoms with Crippen LogP contribution in [0.15, 0.2) is 0 Å². The van der Waals surface area contributed by atoms with Crippen LogP contribution in [0.2, 0.25) is 0 Å². The molecule has 0 aromatic carbocycles. The molecule has 0 aliphatic rings. The Morgan fingerprint density at radius 1 is 0.333 bits per heavy atom.